The molecule has 2 aromatic carbocycles. The van der Waals surface area contributed by atoms with Gasteiger partial charge in [0.25, 0.3) is 0 Å². The van der Waals surface area contributed by atoms with Gasteiger partial charge in [-0.2, -0.15) is 5.26 Å². The van der Waals surface area contributed by atoms with E-state index in [-0.39, 0.29) is 0 Å². The lowest BCUT2D eigenvalue weighted by Crippen LogP contribution is -1.93. The molecule has 0 aromatic heterocycles. The van der Waals surface area contributed by atoms with E-state index < -0.39 is 0 Å². The number of hydrogen-bond acceptors (Lipinski definition) is 3. The van der Waals surface area contributed by atoms with E-state index >= 15 is 0 Å². The zero-order chi connectivity index (χ0) is 13.1. The van der Waals surface area contributed by atoms with Gasteiger partial charge in [-0.25, -0.2) is 0 Å². The predicted molar refractivity (Wildman–Crippen MR) is 71.8 cm³/mol. The molecule has 90 valence electrons. The van der Waals surface area contributed by atoms with Crippen LogP contribution < -0.4 is 10.5 Å². The number of anilines is 1. The summed E-state index contributed by atoms with van der Waals surface area (Å²) in [5.74, 6) is 1.13. The van der Waals surface area contributed by atoms with Crippen molar-refractivity contribution in [3.8, 4) is 17.6 Å². The number of benzene rings is 2. The van der Waals surface area contributed by atoms with E-state index in [0.29, 0.717) is 27.8 Å². The fraction of sp³-hybridized carbons (Fsp3) is 0.0714. The summed E-state index contributed by atoms with van der Waals surface area (Å²) in [7, 11) is 0. The molecule has 4 heteroatoms. The summed E-state index contributed by atoms with van der Waals surface area (Å²) in [4.78, 5) is 0. The normalized spacial score (nSPS) is 9.83. The quantitative estimate of drug-likeness (QED) is 0.831. The molecule has 0 saturated heterocycles. The highest BCUT2D eigenvalue weighted by atomic mass is 35.5. The number of rotatable bonds is 2. The van der Waals surface area contributed by atoms with Crippen molar-refractivity contribution in [2.24, 2.45) is 0 Å². The Balaban J connectivity index is 2.32. The zero-order valence-corrected chi connectivity index (χ0v) is 10.5. The van der Waals surface area contributed by atoms with E-state index in [1.807, 2.05) is 25.1 Å². The number of hydrogen-bond donors (Lipinski definition) is 1. The standard InChI is InChI=1S/C14H11ClN2O/c1-9-2-5-13(17)14(6-9)18-11-4-3-10(8-16)12(15)7-11/h2-7H,17H2,1H3. The van der Waals surface area contributed by atoms with Gasteiger partial charge in [-0.3, -0.25) is 0 Å². The minimum absolute atomic E-state index is 0.362. The molecule has 0 aliphatic rings. The van der Waals surface area contributed by atoms with Crippen LogP contribution in [0.3, 0.4) is 0 Å². The molecule has 0 amide bonds. The lowest BCUT2D eigenvalue weighted by molar-refractivity contribution is 0.484. The smallest absolute Gasteiger partial charge is 0.150 e. The van der Waals surface area contributed by atoms with Crippen LogP contribution in [0.1, 0.15) is 11.1 Å². The van der Waals surface area contributed by atoms with Crippen LogP contribution >= 0.6 is 11.6 Å². The number of nitrogens with zero attached hydrogens (tertiary/aromatic N) is 1. The van der Waals surface area contributed by atoms with Gasteiger partial charge in [0.2, 0.25) is 0 Å². The number of halogens is 1. The Labute approximate surface area is 110 Å². The maximum absolute atomic E-state index is 8.78. The summed E-state index contributed by atoms with van der Waals surface area (Å²) >= 11 is 5.93. The summed E-state index contributed by atoms with van der Waals surface area (Å²) < 4.78 is 5.65. The summed E-state index contributed by atoms with van der Waals surface area (Å²) in [6.07, 6.45) is 0. The highest BCUT2D eigenvalue weighted by molar-refractivity contribution is 6.31. The Hall–Kier alpha value is -2.18. The summed E-state index contributed by atoms with van der Waals surface area (Å²) in [5.41, 5.74) is 7.85. The molecule has 0 aliphatic heterocycles. The second-order valence-electron chi connectivity index (χ2n) is 3.90. The number of aryl methyl sites for hydroxylation is 1. The molecular formula is C14H11ClN2O. The first-order chi connectivity index (χ1) is 8.60. The summed E-state index contributed by atoms with van der Waals surface area (Å²) in [6.45, 7) is 1.96. The maximum atomic E-state index is 8.78. The van der Waals surface area contributed by atoms with E-state index in [9.17, 15) is 0 Å². The second-order valence-corrected chi connectivity index (χ2v) is 4.30. The molecule has 0 saturated carbocycles. The van der Waals surface area contributed by atoms with Gasteiger partial charge in [-0.15, -0.1) is 0 Å². The average Bonchev–Trinajstić information content (AvgIpc) is 2.34. The Morgan fingerprint density at radius 1 is 1.22 bits per heavy atom. The highest BCUT2D eigenvalue weighted by Crippen LogP contribution is 2.30. The molecule has 18 heavy (non-hydrogen) atoms. The van der Waals surface area contributed by atoms with Crippen molar-refractivity contribution in [1.82, 2.24) is 0 Å². The van der Waals surface area contributed by atoms with Crippen molar-refractivity contribution in [2.45, 2.75) is 6.92 Å². The minimum Gasteiger partial charge on any atom is -0.455 e. The van der Waals surface area contributed by atoms with Crippen LogP contribution in [-0.2, 0) is 0 Å². The SMILES string of the molecule is Cc1ccc(N)c(Oc2ccc(C#N)c(Cl)c2)c1. The monoisotopic (exact) mass is 258 g/mol. The van der Waals surface area contributed by atoms with Crippen molar-refractivity contribution < 1.29 is 4.74 Å². The fourth-order valence-electron chi connectivity index (χ4n) is 1.51. The van der Waals surface area contributed by atoms with Crippen molar-refractivity contribution in [2.75, 3.05) is 5.73 Å². The molecule has 0 unspecified atom stereocenters. The second kappa shape index (κ2) is 4.99. The van der Waals surface area contributed by atoms with Crippen LogP contribution in [0.2, 0.25) is 5.02 Å². The fourth-order valence-corrected chi connectivity index (χ4v) is 1.72. The molecule has 0 aliphatic carbocycles. The third-order valence-corrected chi connectivity index (χ3v) is 2.77. The molecule has 0 spiro atoms. The zero-order valence-electron chi connectivity index (χ0n) is 9.77. The molecule has 2 aromatic rings. The lowest BCUT2D eigenvalue weighted by Gasteiger charge is -2.09. The van der Waals surface area contributed by atoms with Crippen LogP contribution in [-0.4, -0.2) is 0 Å². The molecule has 0 radical (unpaired) electrons. The molecule has 2 N–H and O–H groups in total. The first kappa shape index (κ1) is 12.3. The summed E-state index contributed by atoms with van der Waals surface area (Å²) in [6, 6.07) is 12.4. The highest BCUT2D eigenvalue weighted by Gasteiger charge is 2.05. The first-order valence-corrected chi connectivity index (χ1v) is 5.71. The minimum atomic E-state index is 0.362. The lowest BCUT2D eigenvalue weighted by atomic mass is 10.2. The Kier molecular flexibility index (Phi) is 3.40. The number of nitriles is 1. The van der Waals surface area contributed by atoms with Crippen molar-refractivity contribution in [3.63, 3.8) is 0 Å². The molecule has 0 atom stereocenters. The third kappa shape index (κ3) is 2.55. The van der Waals surface area contributed by atoms with Crippen LogP contribution in [0.15, 0.2) is 36.4 Å². The Morgan fingerprint density at radius 3 is 2.67 bits per heavy atom. The van der Waals surface area contributed by atoms with Gasteiger partial charge >= 0.3 is 0 Å². The van der Waals surface area contributed by atoms with Gasteiger partial charge in [0.05, 0.1) is 16.3 Å². The topological polar surface area (TPSA) is 59.0 Å². The molecule has 3 nitrogen and oxygen atoms in total. The van der Waals surface area contributed by atoms with Gasteiger partial charge < -0.3 is 10.5 Å². The van der Waals surface area contributed by atoms with Gasteiger partial charge in [0.1, 0.15) is 11.8 Å². The largest absolute Gasteiger partial charge is 0.455 e. The van der Waals surface area contributed by atoms with E-state index in [2.05, 4.69) is 0 Å². The van der Waals surface area contributed by atoms with Gasteiger partial charge in [0.15, 0.2) is 5.75 Å². The van der Waals surface area contributed by atoms with Gasteiger partial charge in [0, 0.05) is 6.07 Å². The maximum Gasteiger partial charge on any atom is 0.150 e. The molecule has 0 fully saturated rings. The molecule has 0 heterocycles. The Morgan fingerprint density at radius 2 is 2.00 bits per heavy atom. The third-order valence-electron chi connectivity index (χ3n) is 2.46. The number of ether oxygens (including phenoxy) is 1. The van der Waals surface area contributed by atoms with Crippen LogP contribution in [0.5, 0.6) is 11.5 Å². The average molecular weight is 259 g/mol. The van der Waals surface area contributed by atoms with Gasteiger partial charge in [-0.1, -0.05) is 17.7 Å². The van der Waals surface area contributed by atoms with Crippen molar-refractivity contribution in [1.29, 1.82) is 5.26 Å². The van der Waals surface area contributed by atoms with Crippen molar-refractivity contribution in [3.05, 3.63) is 52.5 Å². The summed E-state index contributed by atoms with van der Waals surface area (Å²) in [5, 5.41) is 9.15. The van der Waals surface area contributed by atoms with E-state index in [4.69, 9.17) is 27.3 Å². The van der Waals surface area contributed by atoms with E-state index in [1.165, 1.54) is 0 Å². The van der Waals surface area contributed by atoms with Gasteiger partial charge in [-0.05, 0) is 36.8 Å². The Bertz CT molecular complexity index is 632. The molecular weight excluding hydrogens is 248 g/mol. The molecule has 0 bridgehead atoms. The van der Waals surface area contributed by atoms with Crippen LogP contribution in [0.4, 0.5) is 5.69 Å². The number of nitrogens with two attached hydrogens (primary N) is 1. The van der Waals surface area contributed by atoms with Crippen LogP contribution in [0, 0.1) is 18.3 Å². The van der Waals surface area contributed by atoms with E-state index in [1.54, 1.807) is 24.3 Å². The van der Waals surface area contributed by atoms with Crippen molar-refractivity contribution >= 4 is 17.3 Å². The predicted octanol–water partition coefficient (Wildman–Crippen LogP) is 3.89. The van der Waals surface area contributed by atoms with E-state index in [0.717, 1.165) is 5.56 Å². The molecule has 2 rings (SSSR count). The first-order valence-electron chi connectivity index (χ1n) is 5.34. The van der Waals surface area contributed by atoms with Crippen LogP contribution in [0.25, 0.3) is 0 Å². The number of nitrogen functional groups attached to an aromatic ring is 1.